The SMILES string of the molecule is COC(=O)[C@@H](OC(C)(C)C)c1c(C)nc2c(c(C)c(C)n2CCN2CCCC2)c1-c1ccc(Cl)cc1. The van der Waals surface area contributed by atoms with Crippen LogP contribution in [0.1, 0.15) is 62.2 Å². The van der Waals surface area contributed by atoms with E-state index in [-0.39, 0.29) is 0 Å². The minimum absolute atomic E-state index is 0.438. The number of aryl methyl sites for hydroxylation is 2. The second kappa shape index (κ2) is 10.5. The summed E-state index contributed by atoms with van der Waals surface area (Å²) in [5.74, 6) is -0.438. The van der Waals surface area contributed by atoms with Gasteiger partial charge in [0.2, 0.25) is 0 Å². The first kappa shape index (κ1) is 26.6. The zero-order chi connectivity index (χ0) is 26.2. The van der Waals surface area contributed by atoms with E-state index in [1.54, 1.807) is 0 Å². The van der Waals surface area contributed by atoms with Crippen molar-refractivity contribution in [3.63, 3.8) is 0 Å². The third kappa shape index (κ3) is 5.31. The van der Waals surface area contributed by atoms with Crippen LogP contribution in [0.25, 0.3) is 22.2 Å². The van der Waals surface area contributed by atoms with Crippen molar-refractivity contribution in [2.75, 3.05) is 26.7 Å². The van der Waals surface area contributed by atoms with Crippen LogP contribution in [0, 0.1) is 20.8 Å². The first-order valence-electron chi connectivity index (χ1n) is 12.8. The number of carbonyl (C=O) groups is 1. The molecule has 6 nitrogen and oxygen atoms in total. The van der Waals surface area contributed by atoms with Crippen LogP contribution in [-0.4, -0.2) is 52.8 Å². The first-order valence-corrected chi connectivity index (χ1v) is 13.1. The largest absolute Gasteiger partial charge is 0.467 e. The van der Waals surface area contributed by atoms with Gasteiger partial charge in [-0.3, -0.25) is 0 Å². The third-order valence-corrected chi connectivity index (χ3v) is 7.36. The van der Waals surface area contributed by atoms with Crippen molar-refractivity contribution >= 4 is 28.6 Å². The van der Waals surface area contributed by atoms with E-state index in [1.165, 1.54) is 25.6 Å². The van der Waals surface area contributed by atoms with Crippen LogP contribution in [0.2, 0.25) is 5.02 Å². The van der Waals surface area contributed by atoms with E-state index in [2.05, 4.69) is 23.3 Å². The van der Waals surface area contributed by atoms with Crippen molar-refractivity contribution in [2.45, 2.75) is 72.6 Å². The Morgan fingerprint density at radius 3 is 2.31 bits per heavy atom. The molecule has 0 unspecified atom stereocenters. The highest BCUT2D eigenvalue weighted by molar-refractivity contribution is 6.30. The monoisotopic (exact) mass is 511 g/mol. The first-order chi connectivity index (χ1) is 17.0. The number of rotatable bonds is 7. The molecule has 0 aliphatic carbocycles. The summed E-state index contributed by atoms with van der Waals surface area (Å²) in [5.41, 5.74) is 6.14. The third-order valence-electron chi connectivity index (χ3n) is 7.10. The quantitative estimate of drug-likeness (QED) is 0.343. The van der Waals surface area contributed by atoms with Crippen LogP contribution in [-0.2, 0) is 20.8 Å². The summed E-state index contributed by atoms with van der Waals surface area (Å²) in [4.78, 5) is 20.7. The van der Waals surface area contributed by atoms with Gasteiger partial charge in [-0.2, -0.15) is 0 Å². The minimum Gasteiger partial charge on any atom is -0.467 e. The van der Waals surface area contributed by atoms with Gasteiger partial charge in [0.1, 0.15) is 5.65 Å². The Hall–Kier alpha value is -2.41. The van der Waals surface area contributed by atoms with E-state index in [4.69, 9.17) is 26.1 Å². The molecule has 0 amide bonds. The highest BCUT2D eigenvalue weighted by Crippen LogP contribution is 2.42. The molecule has 0 saturated carbocycles. The number of hydrogen-bond acceptors (Lipinski definition) is 5. The lowest BCUT2D eigenvalue weighted by Crippen LogP contribution is -2.29. The van der Waals surface area contributed by atoms with Gasteiger partial charge in [-0.25, -0.2) is 9.78 Å². The van der Waals surface area contributed by atoms with Crippen molar-refractivity contribution in [1.29, 1.82) is 0 Å². The van der Waals surface area contributed by atoms with Gasteiger partial charge in [-0.05, 0) is 90.7 Å². The van der Waals surface area contributed by atoms with Crippen molar-refractivity contribution < 1.29 is 14.3 Å². The van der Waals surface area contributed by atoms with Crippen LogP contribution < -0.4 is 0 Å². The Balaban J connectivity index is 1.99. The number of nitrogens with zero attached hydrogens (tertiary/aromatic N) is 3. The zero-order valence-electron chi connectivity index (χ0n) is 22.6. The van der Waals surface area contributed by atoms with Gasteiger partial charge in [-0.1, -0.05) is 23.7 Å². The van der Waals surface area contributed by atoms with Crippen LogP contribution in [0.5, 0.6) is 0 Å². The summed E-state index contributed by atoms with van der Waals surface area (Å²) in [6.45, 7) is 16.3. The molecular formula is C29H38ClN3O3. The summed E-state index contributed by atoms with van der Waals surface area (Å²) in [5, 5.41) is 1.71. The van der Waals surface area contributed by atoms with Gasteiger partial charge in [0.15, 0.2) is 6.10 Å². The highest BCUT2D eigenvalue weighted by Gasteiger charge is 2.34. The predicted octanol–water partition coefficient (Wildman–Crippen LogP) is 6.41. The number of hydrogen-bond donors (Lipinski definition) is 0. The minimum atomic E-state index is -0.912. The average molecular weight is 512 g/mol. The molecule has 0 bridgehead atoms. The molecule has 2 aromatic heterocycles. The second-order valence-electron chi connectivity index (χ2n) is 10.7. The molecule has 36 heavy (non-hydrogen) atoms. The van der Waals surface area contributed by atoms with E-state index in [0.29, 0.717) is 5.02 Å². The number of ether oxygens (including phenoxy) is 2. The Morgan fingerprint density at radius 2 is 1.72 bits per heavy atom. The number of methoxy groups -OCH3 is 1. The van der Waals surface area contributed by atoms with Gasteiger partial charge in [0, 0.05) is 46.0 Å². The fourth-order valence-electron chi connectivity index (χ4n) is 5.24. The molecular weight excluding hydrogens is 474 g/mol. The number of aromatic nitrogens is 2. The molecule has 1 saturated heterocycles. The van der Waals surface area contributed by atoms with Crippen molar-refractivity contribution in [1.82, 2.24) is 14.5 Å². The van der Waals surface area contributed by atoms with Gasteiger partial charge in [0.25, 0.3) is 0 Å². The van der Waals surface area contributed by atoms with E-state index >= 15 is 0 Å². The molecule has 0 N–H and O–H groups in total. The fraction of sp³-hybridized carbons (Fsp3) is 0.517. The number of likely N-dealkylation sites (tertiary alicyclic amines) is 1. The summed E-state index contributed by atoms with van der Waals surface area (Å²) >= 11 is 6.26. The molecule has 0 spiro atoms. The number of carbonyl (C=O) groups excluding carboxylic acids is 1. The maximum atomic E-state index is 13.1. The Labute approximate surface area is 219 Å². The molecule has 7 heteroatoms. The molecule has 1 fully saturated rings. The van der Waals surface area contributed by atoms with Gasteiger partial charge >= 0.3 is 5.97 Å². The lowest BCUT2D eigenvalue weighted by Gasteiger charge is -2.29. The van der Waals surface area contributed by atoms with E-state index in [1.807, 2.05) is 52.0 Å². The molecule has 194 valence electrons. The van der Waals surface area contributed by atoms with Crippen LogP contribution in [0.3, 0.4) is 0 Å². The number of fused-ring (bicyclic) bond motifs is 1. The topological polar surface area (TPSA) is 56.6 Å². The molecule has 1 atom stereocenters. The molecule has 0 radical (unpaired) electrons. The van der Waals surface area contributed by atoms with Crippen molar-refractivity contribution in [2.24, 2.45) is 0 Å². The molecule has 4 rings (SSSR count). The number of pyridine rings is 1. The van der Waals surface area contributed by atoms with Crippen molar-refractivity contribution in [3.05, 3.63) is 51.8 Å². The van der Waals surface area contributed by atoms with E-state index in [9.17, 15) is 4.79 Å². The van der Waals surface area contributed by atoms with Crippen molar-refractivity contribution in [3.8, 4) is 11.1 Å². The maximum absolute atomic E-state index is 13.1. The molecule has 3 aromatic rings. The van der Waals surface area contributed by atoms with Gasteiger partial charge in [-0.15, -0.1) is 0 Å². The zero-order valence-corrected chi connectivity index (χ0v) is 23.3. The Morgan fingerprint density at radius 1 is 1.08 bits per heavy atom. The van der Waals surface area contributed by atoms with E-state index in [0.717, 1.165) is 65.2 Å². The summed E-state index contributed by atoms with van der Waals surface area (Å²) in [6, 6.07) is 7.77. The standard InChI is InChI=1S/C29H38ClN3O3/c1-18-20(3)33(17-16-32-14-8-9-15-32)27-23(18)25(21-10-12-22(30)13-11-21)24(19(2)31-27)26(28(34)35-7)36-29(4,5)6/h10-13,26H,8-9,14-17H2,1-7H3/t26-/m0/s1. The molecule has 1 aliphatic rings. The average Bonchev–Trinajstić information content (AvgIpc) is 3.42. The lowest BCUT2D eigenvalue weighted by atomic mass is 9.91. The van der Waals surface area contributed by atoms with Crippen LogP contribution in [0.4, 0.5) is 0 Å². The summed E-state index contributed by atoms with van der Waals surface area (Å²) < 4.78 is 13.9. The molecule has 1 aromatic carbocycles. The van der Waals surface area contributed by atoms with Gasteiger partial charge in [0.05, 0.1) is 12.7 Å². The number of halogens is 1. The normalized spacial score (nSPS) is 15.6. The van der Waals surface area contributed by atoms with Crippen LogP contribution in [0.15, 0.2) is 24.3 Å². The van der Waals surface area contributed by atoms with Gasteiger partial charge < -0.3 is 18.9 Å². The summed E-state index contributed by atoms with van der Waals surface area (Å²) in [7, 11) is 1.40. The lowest BCUT2D eigenvalue weighted by molar-refractivity contribution is -0.164. The summed E-state index contributed by atoms with van der Waals surface area (Å²) in [6.07, 6.45) is 1.63. The smallest absolute Gasteiger partial charge is 0.339 e. The maximum Gasteiger partial charge on any atom is 0.339 e. The van der Waals surface area contributed by atoms with Crippen LogP contribution >= 0.6 is 11.6 Å². The highest BCUT2D eigenvalue weighted by atomic mass is 35.5. The molecule has 3 heterocycles. The second-order valence-corrected chi connectivity index (χ2v) is 11.2. The predicted molar refractivity (Wildman–Crippen MR) is 146 cm³/mol. The Bertz CT molecular complexity index is 1250. The number of benzene rings is 1. The Kier molecular flexibility index (Phi) is 7.79. The molecule has 1 aliphatic heterocycles. The van der Waals surface area contributed by atoms with E-state index < -0.39 is 17.7 Å². The fourth-order valence-corrected chi connectivity index (χ4v) is 5.37. The number of esters is 1.